The fourth-order valence-corrected chi connectivity index (χ4v) is 5.13. The molecule has 0 bridgehead atoms. The molecule has 4 atom stereocenters. The predicted octanol–water partition coefficient (Wildman–Crippen LogP) is 4.01. The van der Waals surface area contributed by atoms with E-state index in [0.717, 1.165) is 11.1 Å². The summed E-state index contributed by atoms with van der Waals surface area (Å²) in [5.74, 6) is -3.61. The van der Waals surface area contributed by atoms with Gasteiger partial charge in [0.25, 0.3) is 11.1 Å². The van der Waals surface area contributed by atoms with Crippen molar-refractivity contribution in [3.8, 4) is 11.5 Å². The number of carbonyl (C=O) groups is 6. The van der Waals surface area contributed by atoms with Gasteiger partial charge in [0, 0.05) is 42.1 Å². The average molecular weight is 779 g/mol. The zero-order valence-electron chi connectivity index (χ0n) is 30.5. The van der Waals surface area contributed by atoms with E-state index in [0.29, 0.717) is 28.9 Å². The summed E-state index contributed by atoms with van der Waals surface area (Å²) in [7, 11) is 0. The summed E-state index contributed by atoms with van der Waals surface area (Å²) in [6.07, 6.45) is -2.78. The number of amides is 1. The van der Waals surface area contributed by atoms with Crippen molar-refractivity contribution in [3.63, 3.8) is 0 Å². The number of carboxylic acids is 2. The van der Waals surface area contributed by atoms with Crippen molar-refractivity contribution in [3.05, 3.63) is 130 Å². The van der Waals surface area contributed by atoms with Crippen LogP contribution in [0.5, 0.6) is 11.5 Å². The lowest BCUT2D eigenvalue weighted by atomic mass is 10.00. The number of aliphatic hydroxyl groups is 2. The molecule has 4 aromatic carbocycles. The van der Waals surface area contributed by atoms with Crippen LogP contribution in [0, 0.1) is 13.8 Å². The minimum atomic E-state index is -1.77. The van der Waals surface area contributed by atoms with Gasteiger partial charge in [-0.25, -0.2) is 9.59 Å². The maximum absolute atomic E-state index is 12.7. The molecule has 14 nitrogen and oxygen atoms in total. The average Bonchev–Trinajstić information content (AvgIpc) is 3.13. The molecule has 0 heterocycles. The van der Waals surface area contributed by atoms with Crippen LogP contribution in [-0.2, 0) is 32.0 Å². The number of nitrogens with one attached hydrogen (secondary N) is 1. The zero-order chi connectivity index (χ0) is 41.2. The van der Waals surface area contributed by atoms with Crippen LogP contribution in [0.2, 0.25) is 0 Å². The first-order valence-electron chi connectivity index (χ1n) is 16.6. The second kappa shape index (κ2) is 22.3. The van der Waals surface area contributed by atoms with E-state index in [1.165, 1.54) is 19.9 Å². The molecule has 7 N–H and O–H groups in total. The van der Waals surface area contributed by atoms with Crippen LogP contribution >= 0.6 is 11.6 Å². The molecule has 0 saturated carbocycles. The standard InChI is InChI=1S/C20H21NO6.C10H9ClO3.C10H13NO3/c1-12-15(9-6-10-17(12)27-13(2)22)19(24)21-16(18(23)20(25)26)11-14-7-4-3-5-8-14;1-6-8(10(11)13)4-3-5-9(6)14-7(2)12;11-8(9(12)10(13)14)6-7-4-2-1-3-5-7/h3-10,16,18,23H,11H2,1-2H3,(H,21,24)(H,25,26);3-5H,1-2H3;1-5,8-9,12H,6,11H2,(H,13,14)/t16-,18-;;8-,9-/m0.0/s1. The molecule has 0 aliphatic rings. The summed E-state index contributed by atoms with van der Waals surface area (Å²) in [4.78, 5) is 67.1. The number of hydrogen-bond acceptors (Lipinski definition) is 11. The topological polar surface area (TPSA) is 240 Å². The normalized spacial score (nSPS) is 12.4. The summed E-state index contributed by atoms with van der Waals surface area (Å²) in [5.41, 5.74) is 8.80. The number of hydrogen-bond donors (Lipinski definition) is 6. The van der Waals surface area contributed by atoms with Gasteiger partial charge >= 0.3 is 23.9 Å². The Morgan fingerprint density at radius 2 is 1.05 bits per heavy atom. The Morgan fingerprint density at radius 3 is 1.47 bits per heavy atom. The monoisotopic (exact) mass is 778 g/mol. The highest BCUT2D eigenvalue weighted by molar-refractivity contribution is 6.68. The molecule has 0 saturated heterocycles. The highest BCUT2D eigenvalue weighted by Crippen LogP contribution is 2.23. The molecular weight excluding hydrogens is 736 g/mol. The Bertz CT molecular complexity index is 1940. The molecule has 4 aromatic rings. The highest BCUT2D eigenvalue weighted by atomic mass is 35.5. The maximum atomic E-state index is 12.7. The van der Waals surface area contributed by atoms with Crippen molar-refractivity contribution in [1.29, 1.82) is 0 Å². The van der Waals surface area contributed by atoms with Crippen LogP contribution < -0.4 is 20.5 Å². The van der Waals surface area contributed by atoms with Gasteiger partial charge in [-0.2, -0.15) is 0 Å². The van der Waals surface area contributed by atoms with E-state index in [2.05, 4.69) is 5.32 Å². The molecule has 0 radical (unpaired) electrons. The van der Waals surface area contributed by atoms with Crippen molar-refractivity contribution in [2.24, 2.45) is 5.73 Å². The minimum Gasteiger partial charge on any atom is -0.479 e. The van der Waals surface area contributed by atoms with Crippen LogP contribution in [0.3, 0.4) is 0 Å². The number of carboxylic acid groups (broad SMARTS) is 2. The van der Waals surface area contributed by atoms with Gasteiger partial charge in [-0.1, -0.05) is 72.8 Å². The first kappa shape index (κ1) is 45.2. The van der Waals surface area contributed by atoms with Crippen LogP contribution in [0.1, 0.15) is 56.8 Å². The van der Waals surface area contributed by atoms with Gasteiger partial charge in [-0.3, -0.25) is 19.2 Å². The fraction of sp³-hybridized carbons (Fsp3) is 0.250. The fourth-order valence-electron chi connectivity index (χ4n) is 4.93. The molecule has 0 fully saturated rings. The highest BCUT2D eigenvalue weighted by Gasteiger charge is 2.29. The molecule has 4 rings (SSSR count). The maximum Gasteiger partial charge on any atom is 0.334 e. The van der Waals surface area contributed by atoms with Gasteiger partial charge in [0.2, 0.25) is 0 Å². The Hall–Kier alpha value is -5.93. The number of aliphatic carboxylic acids is 2. The first-order valence-corrected chi connectivity index (χ1v) is 17.0. The van der Waals surface area contributed by atoms with Gasteiger partial charge < -0.3 is 41.0 Å². The van der Waals surface area contributed by atoms with Crippen LogP contribution in [0.15, 0.2) is 97.1 Å². The van der Waals surface area contributed by atoms with Crippen molar-refractivity contribution in [1.82, 2.24) is 5.32 Å². The molecule has 0 aromatic heterocycles. The van der Waals surface area contributed by atoms with Crippen molar-refractivity contribution in [2.75, 3.05) is 0 Å². The summed E-state index contributed by atoms with van der Waals surface area (Å²) >= 11 is 5.34. The molecule has 0 aliphatic carbocycles. The molecular formula is C40H43ClN2O12. The van der Waals surface area contributed by atoms with E-state index in [-0.39, 0.29) is 17.7 Å². The second-order valence-electron chi connectivity index (χ2n) is 12.0. The van der Waals surface area contributed by atoms with E-state index in [9.17, 15) is 33.9 Å². The summed E-state index contributed by atoms with van der Waals surface area (Å²) < 4.78 is 9.95. The van der Waals surface area contributed by atoms with Crippen molar-refractivity contribution < 1.29 is 58.7 Å². The lowest BCUT2D eigenvalue weighted by Crippen LogP contribution is -2.48. The third-order valence-electron chi connectivity index (χ3n) is 7.75. The molecule has 0 spiro atoms. The van der Waals surface area contributed by atoms with E-state index < -0.39 is 59.3 Å². The van der Waals surface area contributed by atoms with Crippen LogP contribution in [0.4, 0.5) is 0 Å². The number of nitrogens with two attached hydrogens (primary N) is 1. The first-order chi connectivity index (χ1) is 25.9. The second-order valence-corrected chi connectivity index (χ2v) is 12.4. The van der Waals surface area contributed by atoms with Crippen molar-refractivity contribution >= 4 is 46.6 Å². The zero-order valence-corrected chi connectivity index (χ0v) is 31.2. The molecule has 292 valence electrons. The van der Waals surface area contributed by atoms with E-state index in [4.69, 9.17) is 42.1 Å². The van der Waals surface area contributed by atoms with Gasteiger partial charge in [0.1, 0.15) is 11.5 Å². The number of halogens is 1. The van der Waals surface area contributed by atoms with E-state index in [1.54, 1.807) is 68.4 Å². The predicted molar refractivity (Wildman–Crippen MR) is 202 cm³/mol. The quantitative estimate of drug-likeness (QED) is 0.0640. The number of ether oxygens (including phenoxy) is 2. The lowest BCUT2D eigenvalue weighted by molar-refractivity contribution is -0.148. The van der Waals surface area contributed by atoms with Gasteiger partial charge in [0.05, 0.1) is 6.04 Å². The van der Waals surface area contributed by atoms with E-state index in [1.807, 2.05) is 36.4 Å². The molecule has 15 heteroatoms. The smallest absolute Gasteiger partial charge is 0.334 e. The van der Waals surface area contributed by atoms with Crippen molar-refractivity contribution in [2.45, 2.75) is 64.8 Å². The number of aliphatic hydroxyl groups excluding tert-OH is 2. The Morgan fingerprint density at radius 1 is 0.636 bits per heavy atom. The minimum absolute atomic E-state index is 0.142. The molecule has 1 amide bonds. The molecule has 0 unspecified atom stereocenters. The molecule has 0 aliphatic heterocycles. The number of rotatable bonds is 13. The third kappa shape index (κ3) is 15.1. The number of carbonyl (C=O) groups excluding carboxylic acids is 4. The molecule has 55 heavy (non-hydrogen) atoms. The van der Waals surface area contributed by atoms with Crippen LogP contribution in [-0.4, -0.2) is 79.7 Å². The lowest BCUT2D eigenvalue weighted by Gasteiger charge is -2.22. The van der Waals surface area contributed by atoms with E-state index >= 15 is 0 Å². The third-order valence-corrected chi connectivity index (χ3v) is 7.96. The Labute approximate surface area is 322 Å². The number of benzene rings is 4. The van der Waals surface area contributed by atoms with Gasteiger partial charge in [0.15, 0.2) is 12.2 Å². The van der Waals surface area contributed by atoms with Gasteiger partial charge in [-0.05, 0) is 73.7 Å². The Kier molecular flexibility index (Phi) is 18.4. The summed E-state index contributed by atoms with van der Waals surface area (Å²) in [5, 5.41) is 38.8. The van der Waals surface area contributed by atoms with Gasteiger partial charge in [-0.15, -0.1) is 0 Å². The Balaban J connectivity index is 0.000000314. The summed E-state index contributed by atoms with van der Waals surface area (Å²) in [6.45, 7) is 5.85. The largest absolute Gasteiger partial charge is 0.479 e. The SMILES string of the molecule is CC(=O)Oc1cccc(C(=O)Cl)c1C.CC(=O)Oc1cccc(C(=O)N[C@@H](Cc2ccccc2)[C@H](O)C(=O)O)c1C.N[C@@H](Cc1ccccc1)[C@H](O)C(=O)O. The van der Waals surface area contributed by atoms with Crippen LogP contribution in [0.25, 0.3) is 0 Å². The number of esters is 2. The summed E-state index contributed by atoms with van der Waals surface area (Å²) in [6, 6.07) is 25.8.